The minimum atomic E-state index is -4.41. The van der Waals surface area contributed by atoms with Crippen molar-refractivity contribution in [3.63, 3.8) is 0 Å². The van der Waals surface area contributed by atoms with Crippen LogP contribution in [0, 0.1) is 5.41 Å². The van der Waals surface area contributed by atoms with Gasteiger partial charge in [-0.2, -0.15) is 13.2 Å². The molecule has 6 rings (SSSR count). The van der Waals surface area contributed by atoms with Crippen LogP contribution >= 0.6 is 0 Å². The van der Waals surface area contributed by atoms with Gasteiger partial charge in [-0.1, -0.05) is 44.2 Å². The van der Waals surface area contributed by atoms with Crippen LogP contribution in [-0.4, -0.2) is 15.2 Å². The first-order chi connectivity index (χ1) is 17.3. The summed E-state index contributed by atoms with van der Waals surface area (Å²) in [5.41, 5.74) is 4.68. The van der Waals surface area contributed by atoms with Crippen LogP contribution < -0.4 is 0 Å². The highest BCUT2D eigenvalue weighted by Gasteiger charge is 2.46. The molecule has 1 aromatic carbocycles. The van der Waals surface area contributed by atoms with Gasteiger partial charge in [-0.25, -0.2) is 0 Å². The first-order valence-corrected chi connectivity index (χ1v) is 13.9. The van der Waals surface area contributed by atoms with Gasteiger partial charge in [0.1, 0.15) is 6.10 Å². The summed E-state index contributed by atoms with van der Waals surface area (Å²) >= 11 is 0. The first kappa shape index (κ1) is 24.4. The maximum Gasteiger partial charge on any atom is 0.416 e. The highest BCUT2D eigenvalue weighted by atomic mass is 19.4. The standard InChI is InChI=1S/C30H36F3NO2/c31-30(32,33)21-12-10-20(11-13-21)28(36)26-24(18-6-1-2-7-18)25-22(34-27(26)19-8-3-4-9-19)16-29(14-5-15-29)17-23(25)35/h10-13,18-19,23,28,35-36H,1-9,14-17H2/t23-,28-/m0/s1. The van der Waals surface area contributed by atoms with Crippen LogP contribution in [0.5, 0.6) is 0 Å². The van der Waals surface area contributed by atoms with Crippen molar-refractivity contribution in [2.45, 2.75) is 114 Å². The van der Waals surface area contributed by atoms with Gasteiger partial charge in [0.25, 0.3) is 0 Å². The van der Waals surface area contributed by atoms with Crippen LogP contribution in [-0.2, 0) is 12.6 Å². The number of aliphatic hydroxyl groups is 2. The van der Waals surface area contributed by atoms with Crippen molar-refractivity contribution >= 4 is 0 Å². The van der Waals surface area contributed by atoms with Crippen LogP contribution in [0.2, 0.25) is 0 Å². The van der Waals surface area contributed by atoms with Crippen molar-refractivity contribution in [2.75, 3.05) is 0 Å². The van der Waals surface area contributed by atoms with E-state index in [9.17, 15) is 23.4 Å². The molecule has 4 aliphatic rings. The number of aliphatic hydroxyl groups excluding tert-OH is 2. The van der Waals surface area contributed by atoms with E-state index in [2.05, 4.69) is 0 Å². The van der Waals surface area contributed by atoms with Crippen LogP contribution in [0.15, 0.2) is 24.3 Å². The molecular formula is C30H36F3NO2. The van der Waals surface area contributed by atoms with Crippen molar-refractivity contribution < 1.29 is 23.4 Å². The monoisotopic (exact) mass is 499 g/mol. The number of hydrogen-bond donors (Lipinski definition) is 2. The Kier molecular flexibility index (Phi) is 6.19. The topological polar surface area (TPSA) is 53.4 Å². The molecule has 3 saturated carbocycles. The number of fused-ring (bicyclic) bond motifs is 1. The van der Waals surface area contributed by atoms with Gasteiger partial charge in [-0.05, 0) is 86.0 Å². The Morgan fingerprint density at radius 2 is 1.47 bits per heavy atom. The van der Waals surface area contributed by atoms with Crippen LogP contribution in [0.1, 0.15) is 140 Å². The zero-order chi connectivity index (χ0) is 25.1. The van der Waals surface area contributed by atoms with Gasteiger partial charge in [0.05, 0.1) is 17.4 Å². The summed E-state index contributed by atoms with van der Waals surface area (Å²) in [6.45, 7) is 0. The molecule has 0 radical (unpaired) electrons. The summed E-state index contributed by atoms with van der Waals surface area (Å²) in [4.78, 5) is 5.26. The first-order valence-electron chi connectivity index (χ1n) is 13.9. The second-order valence-electron chi connectivity index (χ2n) is 11.9. The summed E-state index contributed by atoms with van der Waals surface area (Å²) in [6.07, 6.45) is 7.66. The molecule has 0 aliphatic heterocycles. The Labute approximate surface area is 211 Å². The third-order valence-corrected chi connectivity index (χ3v) is 9.67. The number of aromatic nitrogens is 1. The van der Waals surface area contributed by atoms with E-state index in [1.165, 1.54) is 18.6 Å². The molecule has 0 saturated heterocycles. The van der Waals surface area contributed by atoms with Gasteiger partial charge in [-0.15, -0.1) is 0 Å². The SMILES string of the molecule is O[C@@H](c1ccc(C(F)(F)F)cc1)c1c(C2CCCC2)nc2c(c1C1CCCC1)[C@@H](O)CC1(CCC1)C2. The van der Waals surface area contributed by atoms with Gasteiger partial charge in [0.2, 0.25) is 0 Å². The number of hydrogen-bond acceptors (Lipinski definition) is 3. The van der Waals surface area contributed by atoms with E-state index in [1.54, 1.807) is 0 Å². The van der Waals surface area contributed by atoms with Gasteiger partial charge >= 0.3 is 6.18 Å². The van der Waals surface area contributed by atoms with Crippen molar-refractivity contribution in [1.82, 2.24) is 4.98 Å². The van der Waals surface area contributed by atoms with Gasteiger partial charge < -0.3 is 10.2 Å². The van der Waals surface area contributed by atoms with Crippen LogP contribution in [0.3, 0.4) is 0 Å². The molecule has 194 valence electrons. The lowest BCUT2D eigenvalue weighted by molar-refractivity contribution is -0.137. The zero-order valence-corrected chi connectivity index (χ0v) is 20.8. The molecule has 2 N–H and O–H groups in total. The maximum absolute atomic E-state index is 13.2. The molecule has 1 aromatic heterocycles. The third kappa shape index (κ3) is 4.18. The second kappa shape index (κ2) is 9.13. The molecule has 1 heterocycles. The van der Waals surface area contributed by atoms with Gasteiger partial charge in [0, 0.05) is 22.7 Å². The molecule has 0 amide bonds. The Morgan fingerprint density at radius 3 is 2.03 bits per heavy atom. The Bertz CT molecular complexity index is 1110. The van der Waals surface area contributed by atoms with Crippen molar-refractivity contribution in [3.05, 3.63) is 63.5 Å². The molecule has 0 unspecified atom stereocenters. The lowest BCUT2D eigenvalue weighted by Crippen LogP contribution is -2.39. The fourth-order valence-corrected chi connectivity index (χ4v) is 7.68. The van der Waals surface area contributed by atoms with Gasteiger partial charge in [0.15, 0.2) is 0 Å². The summed E-state index contributed by atoms with van der Waals surface area (Å²) in [5, 5.41) is 23.3. The Hall–Kier alpha value is -1.92. The highest BCUT2D eigenvalue weighted by Crippen LogP contribution is 2.56. The largest absolute Gasteiger partial charge is 0.416 e. The smallest absolute Gasteiger partial charge is 0.388 e. The number of alkyl halides is 3. The normalized spacial score (nSPS) is 25.2. The molecule has 1 spiro atoms. The van der Waals surface area contributed by atoms with E-state index >= 15 is 0 Å². The van der Waals surface area contributed by atoms with Crippen molar-refractivity contribution in [3.8, 4) is 0 Å². The number of benzene rings is 1. The van der Waals surface area contributed by atoms with Gasteiger partial charge in [-0.3, -0.25) is 4.98 Å². The van der Waals surface area contributed by atoms with Crippen LogP contribution in [0.4, 0.5) is 13.2 Å². The molecule has 3 nitrogen and oxygen atoms in total. The van der Waals surface area contributed by atoms with Crippen molar-refractivity contribution in [1.29, 1.82) is 0 Å². The maximum atomic E-state index is 13.2. The van der Waals surface area contributed by atoms with E-state index in [-0.39, 0.29) is 17.3 Å². The second-order valence-corrected chi connectivity index (χ2v) is 11.9. The van der Waals surface area contributed by atoms with E-state index in [0.717, 1.165) is 117 Å². The molecular weight excluding hydrogens is 463 g/mol. The predicted octanol–water partition coefficient (Wildman–Crippen LogP) is 7.65. The summed E-state index contributed by atoms with van der Waals surface area (Å²) in [5.74, 6) is 0.511. The molecule has 2 aromatic rings. The van der Waals surface area contributed by atoms with Crippen LogP contribution in [0.25, 0.3) is 0 Å². The molecule has 2 atom stereocenters. The lowest BCUT2D eigenvalue weighted by atomic mass is 9.59. The predicted molar refractivity (Wildman–Crippen MR) is 132 cm³/mol. The number of pyridine rings is 1. The average Bonchev–Trinajstić information content (AvgIpc) is 3.55. The summed E-state index contributed by atoms with van der Waals surface area (Å²) in [7, 11) is 0. The van der Waals surface area contributed by atoms with E-state index in [4.69, 9.17) is 4.98 Å². The molecule has 6 heteroatoms. The van der Waals surface area contributed by atoms with E-state index < -0.39 is 23.9 Å². The number of halogens is 3. The third-order valence-electron chi connectivity index (χ3n) is 9.67. The zero-order valence-electron chi connectivity index (χ0n) is 20.8. The molecule has 0 bridgehead atoms. The highest BCUT2D eigenvalue weighted by molar-refractivity contribution is 5.51. The summed E-state index contributed by atoms with van der Waals surface area (Å²) < 4.78 is 39.6. The molecule has 36 heavy (non-hydrogen) atoms. The quantitative estimate of drug-likeness (QED) is 0.454. The number of rotatable bonds is 4. The average molecular weight is 500 g/mol. The Morgan fingerprint density at radius 1 is 0.861 bits per heavy atom. The fourth-order valence-electron chi connectivity index (χ4n) is 7.68. The van der Waals surface area contributed by atoms with Crippen molar-refractivity contribution in [2.24, 2.45) is 5.41 Å². The van der Waals surface area contributed by atoms with E-state index in [0.29, 0.717) is 5.56 Å². The number of nitrogens with zero attached hydrogens (tertiary/aromatic N) is 1. The Balaban J connectivity index is 1.52. The molecule has 3 fully saturated rings. The minimum Gasteiger partial charge on any atom is -0.388 e. The fraction of sp³-hybridized carbons (Fsp3) is 0.633. The minimum absolute atomic E-state index is 0.160. The lowest BCUT2D eigenvalue weighted by Gasteiger charge is -2.48. The molecule has 4 aliphatic carbocycles. The summed E-state index contributed by atoms with van der Waals surface area (Å²) in [6, 6.07) is 4.93. The van der Waals surface area contributed by atoms with E-state index in [1.807, 2.05) is 0 Å².